The Morgan fingerprint density at radius 3 is 2.67 bits per heavy atom. The van der Waals surface area contributed by atoms with Crippen LogP contribution in [0.15, 0.2) is 48.5 Å². The summed E-state index contributed by atoms with van der Waals surface area (Å²) in [5.74, 6) is 0. The Morgan fingerprint density at radius 1 is 1.05 bits per heavy atom. The van der Waals surface area contributed by atoms with E-state index in [2.05, 4.69) is 60.8 Å². The van der Waals surface area contributed by atoms with Crippen molar-refractivity contribution >= 4 is 5.69 Å². The molecule has 110 valence electrons. The van der Waals surface area contributed by atoms with Crippen molar-refractivity contribution in [1.82, 2.24) is 0 Å². The van der Waals surface area contributed by atoms with Gasteiger partial charge < -0.3 is 5.32 Å². The number of hydrogen-bond acceptors (Lipinski definition) is 1. The first-order valence-corrected chi connectivity index (χ1v) is 8.30. The topological polar surface area (TPSA) is 12.0 Å². The third-order valence-electron chi connectivity index (χ3n) is 4.48. The zero-order valence-corrected chi connectivity index (χ0v) is 12.9. The van der Waals surface area contributed by atoms with E-state index in [4.69, 9.17) is 0 Å². The van der Waals surface area contributed by atoms with E-state index in [1.165, 1.54) is 60.9 Å². The zero-order chi connectivity index (χ0) is 14.5. The van der Waals surface area contributed by atoms with Gasteiger partial charge in [0, 0.05) is 5.69 Å². The molecule has 1 unspecified atom stereocenters. The Bertz CT molecular complexity index is 571. The summed E-state index contributed by atoms with van der Waals surface area (Å²) in [7, 11) is 0. The van der Waals surface area contributed by atoms with Crippen LogP contribution in [0.2, 0.25) is 0 Å². The van der Waals surface area contributed by atoms with Gasteiger partial charge in [0.25, 0.3) is 0 Å². The van der Waals surface area contributed by atoms with Crippen LogP contribution in [0.4, 0.5) is 5.69 Å². The lowest BCUT2D eigenvalue weighted by molar-refractivity contribution is 0.600. The van der Waals surface area contributed by atoms with Crippen molar-refractivity contribution in [3.05, 3.63) is 65.2 Å². The molecular formula is C20H25N. The van der Waals surface area contributed by atoms with Crippen LogP contribution in [-0.2, 0) is 12.8 Å². The summed E-state index contributed by atoms with van der Waals surface area (Å²) in [5, 5.41) is 3.72. The van der Waals surface area contributed by atoms with E-state index in [9.17, 15) is 0 Å². The molecule has 1 atom stereocenters. The fourth-order valence-corrected chi connectivity index (χ4v) is 3.25. The number of nitrogens with one attached hydrogen (secondary N) is 1. The van der Waals surface area contributed by atoms with Gasteiger partial charge in [0.05, 0.1) is 6.04 Å². The average Bonchev–Trinajstić information content (AvgIpc) is 2.55. The summed E-state index contributed by atoms with van der Waals surface area (Å²) in [4.78, 5) is 0. The molecule has 21 heavy (non-hydrogen) atoms. The van der Waals surface area contributed by atoms with Crippen LogP contribution in [0.1, 0.15) is 55.3 Å². The Labute approximate surface area is 128 Å². The largest absolute Gasteiger partial charge is 0.378 e. The molecule has 0 amide bonds. The van der Waals surface area contributed by atoms with Crippen LogP contribution in [0.5, 0.6) is 0 Å². The highest BCUT2D eigenvalue weighted by Gasteiger charge is 2.19. The lowest BCUT2D eigenvalue weighted by Gasteiger charge is -2.27. The van der Waals surface area contributed by atoms with E-state index < -0.39 is 0 Å². The van der Waals surface area contributed by atoms with Gasteiger partial charge in [-0.1, -0.05) is 49.7 Å². The standard InChI is InChI=1S/C20H25N/c1-2-3-7-16-12-14-18(15-13-16)21-20-11-6-9-17-8-4-5-10-19(17)20/h4-5,8,10,12-15,20-21H,2-3,6-7,9,11H2,1H3. The molecule has 0 bridgehead atoms. The summed E-state index contributed by atoms with van der Waals surface area (Å²) in [6, 6.07) is 18.4. The van der Waals surface area contributed by atoms with Crippen molar-refractivity contribution in [2.75, 3.05) is 5.32 Å². The fourth-order valence-electron chi connectivity index (χ4n) is 3.25. The molecule has 0 aliphatic heterocycles. The number of benzene rings is 2. The highest BCUT2D eigenvalue weighted by Crippen LogP contribution is 2.32. The van der Waals surface area contributed by atoms with E-state index in [1.54, 1.807) is 0 Å². The van der Waals surface area contributed by atoms with Gasteiger partial charge in [-0.25, -0.2) is 0 Å². The third kappa shape index (κ3) is 3.47. The Morgan fingerprint density at radius 2 is 1.86 bits per heavy atom. The molecule has 0 saturated carbocycles. The summed E-state index contributed by atoms with van der Waals surface area (Å²) in [5.41, 5.74) is 5.70. The van der Waals surface area contributed by atoms with Crippen molar-refractivity contribution in [2.24, 2.45) is 0 Å². The summed E-state index contributed by atoms with van der Waals surface area (Å²) in [6.45, 7) is 2.25. The molecule has 0 fully saturated rings. The van der Waals surface area contributed by atoms with E-state index in [0.29, 0.717) is 6.04 Å². The first kappa shape index (κ1) is 14.2. The molecule has 2 aromatic rings. The molecule has 0 heterocycles. The zero-order valence-electron chi connectivity index (χ0n) is 12.9. The van der Waals surface area contributed by atoms with Crippen molar-refractivity contribution in [1.29, 1.82) is 0 Å². The smallest absolute Gasteiger partial charge is 0.0516 e. The maximum atomic E-state index is 3.72. The van der Waals surface area contributed by atoms with Gasteiger partial charge in [0.1, 0.15) is 0 Å². The number of rotatable bonds is 5. The van der Waals surface area contributed by atoms with E-state index in [-0.39, 0.29) is 0 Å². The number of fused-ring (bicyclic) bond motifs is 1. The molecule has 1 aliphatic carbocycles. The minimum atomic E-state index is 0.469. The number of aryl methyl sites for hydroxylation is 2. The second-order valence-electron chi connectivity index (χ2n) is 6.09. The molecule has 1 aliphatic rings. The monoisotopic (exact) mass is 279 g/mol. The third-order valence-corrected chi connectivity index (χ3v) is 4.48. The van der Waals surface area contributed by atoms with Crippen LogP contribution >= 0.6 is 0 Å². The summed E-state index contributed by atoms with van der Waals surface area (Å²) < 4.78 is 0. The molecule has 1 nitrogen and oxygen atoms in total. The number of hydrogen-bond donors (Lipinski definition) is 1. The first-order valence-electron chi connectivity index (χ1n) is 8.30. The van der Waals surface area contributed by atoms with Crippen molar-refractivity contribution in [3.8, 4) is 0 Å². The lowest BCUT2D eigenvalue weighted by atomic mass is 9.87. The highest BCUT2D eigenvalue weighted by molar-refractivity contribution is 5.48. The van der Waals surface area contributed by atoms with Crippen LogP contribution in [0, 0.1) is 0 Å². The normalized spacial score (nSPS) is 17.3. The predicted molar refractivity (Wildman–Crippen MR) is 90.8 cm³/mol. The Hall–Kier alpha value is -1.76. The van der Waals surface area contributed by atoms with Gasteiger partial charge in [0.15, 0.2) is 0 Å². The second kappa shape index (κ2) is 6.80. The van der Waals surface area contributed by atoms with Gasteiger partial charge >= 0.3 is 0 Å². The predicted octanol–water partition coefficient (Wildman–Crippen LogP) is 5.52. The van der Waals surface area contributed by atoms with E-state index in [1.807, 2.05) is 0 Å². The first-order chi connectivity index (χ1) is 10.4. The fraction of sp³-hybridized carbons (Fsp3) is 0.400. The Balaban J connectivity index is 1.70. The van der Waals surface area contributed by atoms with Gasteiger partial charge in [-0.15, -0.1) is 0 Å². The molecule has 2 aromatic carbocycles. The van der Waals surface area contributed by atoms with Crippen molar-refractivity contribution in [2.45, 2.75) is 51.5 Å². The lowest BCUT2D eigenvalue weighted by Crippen LogP contribution is -2.17. The molecule has 3 rings (SSSR count). The van der Waals surface area contributed by atoms with Crippen LogP contribution in [0.25, 0.3) is 0 Å². The van der Waals surface area contributed by atoms with Gasteiger partial charge in [-0.05, 0) is 60.9 Å². The highest BCUT2D eigenvalue weighted by atomic mass is 14.9. The maximum absolute atomic E-state index is 3.72. The Kier molecular flexibility index (Phi) is 4.59. The quantitative estimate of drug-likeness (QED) is 0.760. The van der Waals surface area contributed by atoms with Gasteiger partial charge in [-0.2, -0.15) is 0 Å². The van der Waals surface area contributed by atoms with Crippen LogP contribution in [-0.4, -0.2) is 0 Å². The van der Waals surface area contributed by atoms with Gasteiger partial charge in [0.2, 0.25) is 0 Å². The summed E-state index contributed by atoms with van der Waals surface area (Å²) in [6.07, 6.45) is 7.48. The molecule has 0 spiro atoms. The average molecular weight is 279 g/mol. The molecule has 0 saturated heterocycles. The molecule has 1 heteroatoms. The molecule has 0 aromatic heterocycles. The van der Waals surface area contributed by atoms with Crippen LogP contribution < -0.4 is 5.32 Å². The molecular weight excluding hydrogens is 254 g/mol. The van der Waals surface area contributed by atoms with Crippen molar-refractivity contribution in [3.63, 3.8) is 0 Å². The van der Waals surface area contributed by atoms with Crippen LogP contribution in [0.3, 0.4) is 0 Å². The number of anilines is 1. The minimum absolute atomic E-state index is 0.469. The molecule has 0 radical (unpaired) electrons. The van der Waals surface area contributed by atoms with Gasteiger partial charge in [-0.3, -0.25) is 0 Å². The van der Waals surface area contributed by atoms with E-state index in [0.717, 1.165) is 0 Å². The maximum Gasteiger partial charge on any atom is 0.0516 e. The van der Waals surface area contributed by atoms with E-state index >= 15 is 0 Å². The molecule has 1 N–H and O–H groups in total. The minimum Gasteiger partial charge on any atom is -0.378 e. The summed E-state index contributed by atoms with van der Waals surface area (Å²) >= 11 is 0. The number of unbranched alkanes of at least 4 members (excludes halogenated alkanes) is 1. The second-order valence-corrected chi connectivity index (χ2v) is 6.09. The SMILES string of the molecule is CCCCc1ccc(NC2CCCc3ccccc32)cc1. The van der Waals surface area contributed by atoms with Crippen molar-refractivity contribution < 1.29 is 0 Å².